The third-order valence-corrected chi connectivity index (χ3v) is 4.04. The standard InChI is InChI=1S/C18H30N2O/c1-16(2)15-21-18-8-6-17(7-9-18)5-4-10-20-13-11-19(3)12-14-20/h6-9,16H,4-5,10-15H2,1-3H3. The van der Waals surface area contributed by atoms with E-state index in [-0.39, 0.29) is 0 Å². The van der Waals surface area contributed by atoms with Gasteiger partial charge in [-0.25, -0.2) is 0 Å². The third-order valence-electron chi connectivity index (χ3n) is 4.04. The molecular weight excluding hydrogens is 260 g/mol. The quantitative estimate of drug-likeness (QED) is 0.768. The van der Waals surface area contributed by atoms with E-state index in [9.17, 15) is 0 Å². The van der Waals surface area contributed by atoms with E-state index >= 15 is 0 Å². The van der Waals surface area contributed by atoms with Crippen LogP contribution in [0.25, 0.3) is 0 Å². The average Bonchev–Trinajstić information content (AvgIpc) is 2.48. The lowest BCUT2D eigenvalue weighted by Gasteiger charge is -2.32. The maximum absolute atomic E-state index is 5.72. The zero-order chi connectivity index (χ0) is 15.1. The van der Waals surface area contributed by atoms with Crippen LogP contribution in [0, 0.1) is 5.92 Å². The van der Waals surface area contributed by atoms with Crippen molar-refractivity contribution < 1.29 is 4.74 Å². The van der Waals surface area contributed by atoms with Crippen molar-refractivity contribution in [1.82, 2.24) is 9.80 Å². The molecule has 0 amide bonds. The van der Waals surface area contributed by atoms with Crippen LogP contribution < -0.4 is 4.74 Å². The van der Waals surface area contributed by atoms with Crippen molar-refractivity contribution >= 4 is 0 Å². The van der Waals surface area contributed by atoms with E-state index in [0.717, 1.165) is 18.8 Å². The first-order valence-electron chi connectivity index (χ1n) is 8.26. The maximum atomic E-state index is 5.72. The molecule has 0 unspecified atom stereocenters. The Labute approximate surface area is 129 Å². The Hall–Kier alpha value is -1.06. The molecule has 1 aromatic rings. The fourth-order valence-electron chi connectivity index (χ4n) is 2.59. The Morgan fingerprint density at radius 1 is 1.05 bits per heavy atom. The highest BCUT2D eigenvalue weighted by molar-refractivity contribution is 5.27. The van der Waals surface area contributed by atoms with Crippen LogP contribution in [-0.2, 0) is 6.42 Å². The molecule has 0 N–H and O–H groups in total. The van der Waals surface area contributed by atoms with Gasteiger partial charge in [0.05, 0.1) is 6.61 Å². The highest BCUT2D eigenvalue weighted by Crippen LogP contribution is 2.14. The molecule has 1 heterocycles. The maximum Gasteiger partial charge on any atom is 0.119 e. The van der Waals surface area contributed by atoms with E-state index in [1.807, 2.05) is 0 Å². The molecule has 3 nitrogen and oxygen atoms in total. The number of likely N-dealkylation sites (N-methyl/N-ethyl adjacent to an activating group) is 1. The summed E-state index contributed by atoms with van der Waals surface area (Å²) in [6.45, 7) is 11.2. The number of nitrogens with zero attached hydrogens (tertiary/aromatic N) is 2. The smallest absolute Gasteiger partial charge is 0.119 e. The number of benzene rings is 1. The summed E-state index contributed by atoms with van der Waals surface area (Å²) in [5.41, 5.74) is 1.42. The summed E-state index contributed by atoms with van der Waals surface area (Å²) < 4.78 is 5.72. The Balaban J connectivity index is 1.66. The van der Waals surface area contributed by atoms with Crippen LogP contribution in [0.2, 0.25) is 0 Å². The summed E-state index contributed by atoms with van der Waals surface area (Å²) in [7, 11) is 2.21. The topological polar surface area (TPSA) is 15.7 Å². The number of ether oxygens (including phenoxy) is 1. The largest absolute Gasteiger partial charge is 0.493 e. The van der Waals surface area contributed by atoms with Gasteiger partial charge in [-0.2, -0.15) is 0 Å². The third kappa shape index (κ3) is 6.06. The van der Waals surface area contributed by atoms with Gasteiger partial charge in [0.1, 0.15) is 5.75 Å². The molecule has 0 atom stereocenters. The Kier molecular flexibility index (Phi) is 6.52. The minimum atomic E-state index is 0.577. The summed E-state index contributed by atoms with van der Waals surface area (Å²) in [6.07, 6.45) is 2.41. The molecule has 0 spiro atoms. The van der Waals surface area contributed by atoms with Crippen molar-refractivity contribution in [1.29, 1.82) is 0 Å². The van der Waals surface area contributed by atoms with E-state index in [4.69, 9.17) is 4.74 Å². The molecule has 1 saturated heterocycles. The highest BCUT2D eigenvalue weighted by Gasteiger charge is 2.12. The van der Waals surface area contributed by atoms with Crippen molar-refractivity contribution in [3.63, 3.8) is 0 Å². The lowest BCUT2D eigenvalue weighted by Crippen LogP contribution is -2.44. The van der Waals surface area contributed by atoms with Gasteiger partial charge in [-0.3, -0.25) is 0 Å². The minimum absolute atomic E-state index is 0.577. The predicted molar refractivity (Wildman–Crippen MR) is 89.0 cm³/mol. The van der Waals surface area contributed by atoms with Gasteiger partial charge in [-0.1, -0.05) is 26.0 Å². The lowest BCUT2D eigenvalue weighted by molar-refractivity contribution is 0.153. The van der Waals surface area contributed by atoms with Crippen LogP contribution in [0.5, 0.6) is 5.75 Å². The van der Waals surface area contributed by atoms with Crippen molar-refractivity contribution in [2.24, 2.45) is 5.92 Å². The molecule has 0 bridgehead atoms. The van der Waals surface area contributed by atoms with Crippen molar-refractivity contribution in [3.05, 3.63) is 29.8 Å². The fraction of sp³-hybridized carbons (Fsp3) is 0.667. The predicted octanol–water partition coefficient (Wildman–Crippen LogP) is 2.90. The van der Waals surface area contributed by atoms with E-state index in [1.165, 1.54) is 44.7 Å². The lowest BCUT2D eigenvalue weighted by atomic mass is 10.1. The number of piperazine rings is 1. The second kappa shape index (κ2) is 8.40. The summed E-state index contributed by atoms with van der Waals surface area (Å²) >= 11 is 0. The summed E-state index contributed by atoms with van der Waals surface area (Å²) in [6, 6.07) is 8.63. The molecular formula is C18H30N2O. The Bertz CT molecular complexity index is 394. The molecule has 0 aromatic heterocycles. The van der Waals surface area contributed by atoms with Crippen LogP contribution >= 0.6 is 0 Å². The van der Waals surface area contributed by atoms with Gasteiger partial charge in [-0.15, -0.1) is 0 Å². The monoisotopic (exact) mass is 290 g/mol. The number of aryl methyl sites for hydroxylation is 1. The number of rotatable bonds is 7. The molecule has 2 rings (SSSR count). The van der Waals surface area contributed by atoms with Crippen LogP contribution in [0.1, 0.15) is 25.8 Å². The number of hydrogen-bond donors (Lipinski definition) is 0. The molecule has 1 aliphatic heterocycles. The normalized spacial score (nSPS) is 17.3. The summed E-state index contributed by atoms with van der Waals surface area (Å²) in [5, 5.41) is 0. The second-order valence-corrected chi connectivity index (χ2v) is 6.60. The molecule has 1 aliphatic rings. The van der Waals surface area contributed by atoms with E-state index in [2.05, 4.69) is 55.0 Å². The van der Waals surface area contributed by atoms with Crippen molar-refractivity contribution in [2.75, 3.05) is 46.4 Å². The van der Waals surface area contributed by atoms with E-state index in [0.29, 0.717) is 5.92 Å². The first kappa shape index (κ1) is 16.3. The minimum Gasteiger partial charge on any atom is -0.493 e. The van der Waals surface area contributed by atoms with Gasteiger partial charge < -0.3 is 14.5 Å². The van der Waals surface area contributed by atoms with Crippen LogP contribution in [0.3, 0.4) is 0 Å². The Morgan fingerprint density at radius 2 is 1.71 bits per heavy atom. The van der Waals surface area contributed by atoms with E-state index in [1.54, 1.807) is 0 Å². The Morgan fingerprint density at radius 3 is 2.33 bits per heavy atom. The zero-order valence-corrected chi connectivity index (χ0v) is 13.8. The van der Waals surface area contributed by atoms with E-state index < -0.39 is 0 Å². The molecule has 1 aromatic carbocycles. The van der Waals surface area contributed by atoms with Crippen LogP contribution in [0.4, 0.5) is 0 Å². The molecule has 118 valence electrons. The first-order chi connectivity index (χ1) is 10.1. The van der Waals surface area contributed by atoms with Crippen LogP contribution in [0.15, 0.2) is 24.3 Å². The second-order valence-electron chi connectivity index (χ2n) is 6.60. The van der Waals surface area contributed by atoms with Crippen LogP contribution in [-0.4, -0.2) is 56.2 Å². The molecule has 1 fully saturated rings. The first-order valence-corrected chi connectivity index (χ1v) is 8.26. The van der Waals surface area contributed by atoms with Gasteiger partial charge in [0.2, 0.25) is 0 Å². The molecule has 0 saturated carbocycles. The molecule has 0 radical (unpaired) electrons. The molecule has 0 aliphatic carbocycles. The van der Waals surface area contributed by atoms with Gasteiger partial charge >= 0.3 is 0 Å². The van der Waals surface area contributed by atoms with Crippen molar-refractivity contribution in [3.8, 4) is 5.75 Å². The molecule has 3 heteroatoms. The summed E-state index contributed by atoms with van der Waals surface area (Å²) in [5.74, 6) is 1.57. The van der Waals surface area contributed by atoms with Gasteiger partial charge in [0, 0.05) is 26.2 Å². The van der Waals surface area contributed by atoms with Crippen molar-refractivity contribution in [2.45, 2.75) is 26.7 Å². The number of hydrogen-bond acceptors (Lipinski definition) is 3. The van der Waals surface area contributed by atoms with Gasteiger partial charge in [0.15, 0.2) is 0 Å². The van der Waals surface area contributed by atoms with Gasteiger partial charge in [-0.05, 0) is 50.0 Å². The average molecular weight is 290 g/mol. The SMILES string of the molecule is CC(C)COc1ccc(CCCN2CCN(C)CC2)cc1. The zero-order valence-electron chi connectivity index (χ0n) is 13.8. The fourth-order valence-corrected chi connectivity index (χ4v) is 2.59. The molecule has 21 heavy (non-hydrogen) atoms. The van der Waals surface area contributed by atoms with Gasteiger partial charge in [0.25, 0.3) is 0 Å². The highest BCUT2D eigenvalue weighted by atomic mass is 16.5. The summed E-state index contributed by atoms with van der Waals surface area (Å²) in [4.78, 5) is 4.99.